The maximum absolute atomic E-state index is 11.5. The molecule has 1 aliphatic rings. The van der Waals surface area contributed by atoms with Gasteiger partial charge >= 0.3 is 0 Å². The molecule has 0 atom stereocenters. The van der Waals surface area contributed by atoms with E-state index in [1.807, 2.05) is 53.4 Å². The first kappa shape index (κ1) is 13.3. The second-order valence-corrected chi connectivity index (χ2v) is 4.36. The lowest BCUT2D eigenvalue weighted by molar-refractivity contribution is -0.119. The SMILES string of the molecule is O=C1CCCCN1c1ccccc1.c1ccncc1. The Labute approximate surface area is 113 Å². The normalized spacial score (nSPS) is 14.5. The van der Waals surface area contributed by atoms with Gasteiger partial charge in [0, 0.05) is 31.0 Å². The number of benzene rings is 1. The molecule has 0 unspecified atom stereocenters. The molecule has 1 fully saturated rings. The number of para-hydroxylation sites is 1. The zero-order valence-corrected chi connectivity index (χ0v) is 10.9. The molecule has 1 aromatic carbocycles. The third kappa shape index (κ3) is 4.21. The van der Waals surface area contributed by atoms with Crippen LogP contribution in [-0.4, -0.2) is 17.4 Å². The van der Waals surface area contributed by atoms with Gasteiger partial charge in [0.15, 0.2) is 0 Å². The highest BCUT2D eigenvalue weighted by atomic mass is 16.2. The molecule has 3 rings (SSSR count). The first-order chi connectivity index (χ1) is 9.38. The first-order valence-corrected chi connectivity index (χ1v) is 6.58. The van der Waals surface area contributed by atoms with E-state index in [9.17, 15) is 4.79 Å². The highest BCUT2D eigenvalue weighted by Crippen LogP contribution is 2.19. The fraction of sp³-hybridized carbons (Fsp3) is 0.250. The van der Waals surface area contributed by atoms with Crippen LogP contribution in [0, 0.1) is 0 Å². The predicted octanol–water partition coefficient (Wildman–Crippen LogP) is 3.29. The predicted molar refractivity (Wildman–Crippen MR) is 76.9 cm³/mol. The molecule has 1 aliphatic heterocycles. The number of anilines is 1. The Kier molecular flexibility index (Phi) is 5.11. The van der Waals surface area contributed by atoms with Crippen molar-refractivity contribution in [2.75, 3.05) is 11.4 Å². The maximum atomic E-state index is 11.5. The smallest absolute Gasteiger partial charge is 0.226 e. The highest BCUT2D eigenvalue weighted by molar-refractivity contribution is 5.93. The number of pyridine rings is 1. The van der Waals surface area contributed by atoms with Crippen molar-refractivity contribution in [3.05, 3.63) is 60.9 Å². The summed E-state index contributed by atoms with van der Waals surface area (Å²) < 4.78 is 0. The molecule has 19 heavy (non-hydrogen) atoms. The highest BCUT2D eigenvalue weighted by Gasteiger charge is 2.18. The molecular weight excluding hydrogens is 236 g/mol. The van der Waals surface area contributed by atoms with Crippen molar-refractivity contribution in [1.29, 1.82) is 0 Å². The zero-order chi connectivity index (χ0) is 13.3. The minimum Gasteiger partial charge on any atom is -0.312 e. The summed E-state index contributed by atoms with van der Waals surface area (Å²) in [4.78, 5) is 17.2. The summed E-state index contributed by atoms with van der Waals surface area (Å²) in [6.45, 7) is 0.878. The van der Waals surface area contributed by atoms with Gasteiger partial charge in [-0.25, -0.2) is 0 Å². The van der Waals surface area contributed by atoms with Crippen molar-refractivity contribution in [3.8, 4) is 0 Å². The first-order valence-electron chi connectivity index (χ1n) is 6.58. The zero-order valence-electron chi connectivity index (χ0n) is 10.9. The van der Waals surface area contributed by atoms with Gasteiger partial charge in [0.2, 0.25) is 5.91 Å². The fourth-order valence-corrected chi connectivity index (χ4v) is 2.00. The number of carbonyl (C=O) groups is 1. The largest absolute Gasteiger partial charge is 0.312 e. The van der Waals surface area contributed by atoms with Crippen molar-refractivity contribution in [2.45, 2.75) is 19.3 Å². The van der Waals surface area contributed by atoms with Gasteiger partial charge in [-0.1, -0.05) is 24.3 Å². The van der Waals surface area contributed by atoms with E-state index in [-0.39, 0.29) is 5.91 Å². The van der Waals surface area contributed by atoms with Crippen LogP contribution in [0.2, 0.25) is 0 Å². The molecule has 1 amide bonds. The topological polar surface area (TPSA) is 33.2 Å². The summed E-state index contributed by atoms with van der Waals surface area (Å²) in [5.41, 5.74) is 1.03. The summed E-state index contributed by atoms with van der Waals surface area (Å²) >= 11 is 0. The minimum atomic E-state index is 0.262. The number of hydrogen-bond donors (Lipinski definition) is 0. The van der Waals surface area contributed by atoms with Crippen molar-refractivity contribution in [3.63, 3.8) is 0 Å². The lowest BCUT2D eigenvalue weighted by Crippen LogP contribution is -2.35. The van der Waals surface area contributed by atoms with Gasteiger partial charge in [-0.05, 0) is 37.1 Å². The Balaban J connectivity index is 0.000000186. The molecule has 1 saturated heterocycles. The molecule has 1 aromatic heterocycles. The number of amides is 1. The van der Waals surface area contributed by atoms with Crippen LogP contribution in [0.3, 0.4) is 0 Å². The van der Waals surface area contributed by atoms with Crippen LogP contribution in [0.4, 0.5) is 5.69 Å². The number of aromatic nitrogens is 1. The average molecular weight is 254 g/mol. The molecule has 0 bridgehead atoms. The molecule has 0 aliphatic carbocycles. The summed E-state index contributed by atoms with van der Waals surface area (Å²) in [5, 5.41) is 0. The monoisotopic (exact) mass is 254 g/mol. The average Bonchev–Trinajstić information content (AvgIpc) is 2.51. The Morgan fingerprint density at radius 1 is 0.895 bits per heavy atom. The standard InChI is InChI=1S/C11H13NO.C5H5N/c13-11-8-4-5-9-12(11)10-6-2-1-3-7-10;1-2-4-6-5-3-1/h1-3,6-7H,4-5,8-9H2;1-5H. The molecule has 3 heteroatoms. The molecule has 0 radical (unpaired) electrons. The molecule has 3 nitrogen and oxygen atoms in total. The van der Waals surface area contributed by atoms with Gasteiger partial charge in [-0.15, -0.1) is 0 Å². The molecular formula is C16H18N2O. The van der Waals surface area contributed by atoms with Gasteiger partial charge in [-0.3, -0.25) is 9.78 Å². The summed E-state index contributed by atoms with van der Waals surface area (Å²) in [7, 11) is 0. The molecule has 0 N–H and O–H groups in total. The lowest BCUT2D eigenvalue weighted by Gasteiger charge is -2.26. The lowest BCUT2D eigenvalue weighted by atomic mass is 10.1. The third-order valence-corrected chi connectivity index (χ3v) is 2.96. The molecule has 2 heterocycles. The second kappa shape index (κ2) is 7.31. The Bertz CT molecular complexity index is 458. The van der Waals surface area contributed by atoms with E-state index in [1.54, 1.807) is 12.4 Å². The van der Waals surface area contributed by atoms with Crippen LogP contribution in [0.1, 0.15) is 19.3 Å². The van der Waals surface area contributed by atoms with Crippen molar-refractivity contribution in [1.82, 2.24) is 4.98 Å². The maximum Gasteiger partial charge on any atom is 0.226 e. The molecule has 98 valence electrons. The van der Waals surface area contributed by atoms with E-state index in [2.05, 4.69) is 4.98 Å². The molecule has 0 spiro atoms. The van der Waals surface area contributed by atoms with Gasteiger partial charge in [0.05, 0.1) is 0 Å². The van der Waals surface area contributed by atoms with E-state index >= 15 is 0 Å². The second-order valence-electron chi connectivity index (χ2n) is 4.36. The van der Waals surface area contributed by atoms with Gasteiger partial charge in [0.25, 0.3) is 0 Å². The summed E-state index contributed by atoms with van der Waals surface area (Å²) in [6.07, 6.45) is 6.37. The summed E-state index contributed by atoms with van der Waals surface area (Å²) in [6, 6.07) is 15.6. The van der Waals surface area contributed by atoms with E-state index in [0.717, 1.165) is 25.1 Å². The van der Waals surface area contributed by atoms with E-state index in [1.165, 1.54) is 0 Å². The van der Waals surface area contributed by atoms with E-state index < -0.39 is 0 Å². The van der Waals surface area contributed by atoms with Gasteiger partial charge < -0.3 is 4.90 Å². The number of rotatable bonds is 1. The molecule has 2 aromatic rings. The Hall–Kier alpha value is -2.16. The third-order valence-electron chi connectivity index (χ3n) is 2.96. The van der Waals surface area contributed by atoms with Crippen LogP contribution >= 0.6 is 0 Å². The Morgan fingerprint density at radius 2 is 1.58 bits per heavy atom. The number of hydrogen-bond acceptors (Lipinski definition) is 2. The fourth-order valence-electron chi connectivity index (χ4n) is 2.00. The number of carbonyl (C=O) groups excluding carboxylic acids is 1. The quantitative estimate of drug-likeness (QED) is 0.782. The van der Waals surface area contributed by atoms with Crippen LogP contribution in [0.25, 0.3) is 0 Å². The minimum absolute atomic E-state index is 0.262. The van der Waals surface area contributed by atoms with Crippen molar-refractivity contribution in [2.24, 2.45) is 0 Å². The van der Waals surface area contributed by atoms with E-state index in [0.29, 0.717) is 6.42 Å². The number of nitrogens with zero attached hydrogens (tertiary/aromatic N) is 2. The van der Waals surface area contributed by atoms with Crippen LogP contribution in [0.15, 0.2) is 60.9 Å². The molecule has 0 saturated carbocycles. The van der Waals surface area contributed by atoms with Gasteiger partial charge in [-0.2, -0.15) is 0 Å². The van der Waals surface area contributed by atoms with Crippen molar-refractivity contribution < 1.29 is 4.79 Å². The van der Waals surface area contributed by atoms with E-state index in [4.69, 9.17) is 0 Å². The van der Waals surface area contributed by atoms with Gasteiger partial charge in [0.1, 0.15) is 0 Å². The van der Waals surface area contributed by atoms with Crippen LogP contribution in [-0.2, 0) is 4.79 Å². The summed E-state index contributed by atoms with van der Waals surface area (Å²) in [5.74, 6) is 0.262. The van der Waals surface area contributed by atoms with Crippen LogP contribution < -0.4 is 4.90 Å². The van der Waals surface area contributed by atoms with Crippen LogP contribution in [0.5, 0.6) is 0 Å². The number of piperidine rings is 1. The van der Waals surface area contributed by atoms with Crippen molar-refractivity contribution >= 4 is 11.6 Å². The Morgan fingerprint density at radius 3 is 2.11 bits per heavy atom.